The van der Waals surface area contributed by atoms with Crippen LogP contribution in [0.5, 0.6) is 0 Å². The van der Waals surface area contributed by atoms with Gasteiger partial charge >= 0.3 is 6.16 Å². The Kier molecular flexibility index (Phi) is 7.87. The fraction of sp³-hybridized carbons (Fsp3) is 0.933. The number of carbonyl (C=O) groups is 1. The molecule has 0 aromatic rings. The van der Waals surface area contributed by atoms with Crippen molar-refractivity contribution in [1.82, 2.24) is 4.90 Å². The van der Waals surface area contributed by atoms with Crippen LogP contribution in [0.1, 0.15) is 65.2 Å². The Morgan fingerprint density at radius 2 is 1.74 bits per heavy atom. The minimum atomic E-state index is -1.12. The average Bonchev–Trinajstić information content (AvgIpc) is 2.39. The zero-order valence-electron chi connectivity index (χ0n) is 12.4. The minimum absolute atomic E-state index is 0.125. The molecular weight excluding hydrogens is 242 g/mol. The van der Waals surface area contributed by atoms with E-state index in [1.165, 1.54) is 32.1 Å². The molecule has 1 fully saturated rings. The van der Waals surface area contributed by atoms with E-state index in [9.17, 15) is 4.79 Å². The van der Waals surface area contributed by atoms with Gasteiger partial charge in [0.15, 0.2) is 0 Å². The first-order valence-corrected chi connectivity index (χ1v) is 7.82. The van der Waals surface area contributed by atoms with Gasteiger partial charge in [0.25, 0.3) is 0 Å². The van der Waals surface area contributed by atoms with Gasteiger partial charge < -0.3 is 9.84 Å². The van der Waals surface area contributed by atoms with Crippen molar-refractivity contribution in [2.45, 2.75) is 77.4 Å². The first-order valence-electron chi connectivity index (χ1n) is 7.82. The molecule has 0 heterocycles. The van der Waals surface area contributed by atoms with Crippen molar-refractivity contribution in [3.63, 3.8) is 0 Å². The van der Waals surface area contributed by atoms with Gasteiger partial charge in [-0.25, -0.2) is 4.79 Å². The quantitative estimate of drug-likeness (QED) is 0.680. The lowest BCUT2D eigenvalue weighted by atomic mass is 9.90. The maximum absolute atomic E-state index is 10.8. The summed E-state index contributed by atoms with van der Waals surface area (Å²) in [5, 5.41) is 8.88. The molecule has 1 rings (SSSR count). The summed E-state index contributed by atoms with van der Waals surface area (Å²) in [5.41, 5.74) is 0. The van der Waals surface area contributed by atoms with Crippen molar-refractivity contribution >= 4 is 6.16 Å². The molecule has 4 nitrogen and oxygen atoms in total. The highest BCUT2D eigenvalue weighted by Gasteiger charge is 2.32. The number of hydrogen-bond donors (Lipinski definition) is 1. The summed E-state index contributed by atoms with van der Waals surface area (Å²) in [6.45, 7) is 6.54. The number of carboxylic acid groups (broad SMARTS) is 1. The van der Waals surface area contributed by atoms with E-state index in [0.717, 1.165) is 32.4 Å². The van der Waals surface area contributed by atoms with E-state index in [2.05, 4.69) is 18.7 Å². The molecule has 0 bridgehead atoms. The third-order valence-electron chi connectivity index (χ3n) is 3.99. The molecule has 0 radical (unpaired) electrons. The van der Waals surface area contributed by atoms with Crippen LogP contribution in [-0.4, -0.2) is 41.4 Å². The Balaban J connectivity index is 2.61. The molecular formula is C15H29NO3. The predicted octanol–water partition coefficient (Wildman–Crippen LogP) is 3.89. The van der Waals surface area contributed by atoms with Crippen LogP contribution in [0.15, 0.2) is 0 Å². The van der Waals surface area contributed by atoms with E-state index in [4.69, 9.17) is 9.84 Å². The summed E-state index contributed by atoms with van der Waals surface area (Å²) in [6.07, 6.45) is 7.71. The van der Waals surface area contributed by atoms with E-state index >= 15 is 0 Å². The molecule has 1 N–H and O–H groups in total. The van der Waals surface area contributed by atoms with Gasteiger partial charge in [-0.2, -0.15) is 0 Å². The second-order valence-corrected chi connectivity index (χ2v) is 5.52. The summed E-state index contributed by atoms with van der Waals surface area (Å²) in [7, 11) is 0. The van der Waals surface area contributed by atoms with E-state index in [-0.39, 0.29) is 6.10 Å². The van der Waals surface area contributed by atoms with E-state index in [1.54, 1.807) is 0 Å². The first-order chi connectivity index (χ1) is 9.19. The second-order valence-electron chi connectivity index (χ2n) is 5.52. The smallest absolute Gasteiger partial charge is 0.450 e. The van der Waals surface area contributed by atoms with Crippen LogP contribution < -0.4 is 0 Å². The number of rotatable bonds is 8. The van der Waals surface area contributed by atoms with Gasteiger partial charge in [-0.05, 0) is 45.2 Å². The molecule has 0 aromatic heterocycles. The predicted molar refractivity (Wildman–Crippen MR) is 76.5 cm³/mol. The maximum atomic E-state index is 10.8. The van der Waals surface area contributed by atoms with E-state index < -0.39 is 6.16 Å². The zero-order chi connectivity index (χ0) is 14.1. The Labute approximate surface area is 117 Å². The van der Waals surface area contributed by atoms with Crippen molar-refractivity contribution in [2.24, 2.45) is 0 Å². The third-order valence-corrected chi connectivity index (χ3v) is 3.99. The lowest BCUT2D eigenvalue weighted by Crippen LogP contribution is -2.48. The van der Waals surface area contributed by atoms with Crippen molar-refractivity contribution < 1.29 is 14.6 Å². The molecule has 0 amide bonds. The van der Waals surface area contributed by atoms with Crippen LogP contribution in [0.4, 0.5) is 4.79 Å². The molecule has 0 unspecified atom stereocenters. The standard InChI is InChI=1S/C15H29NO3/c1-3-5-11-16(12-6-4-2)13-9-7-8-10-14(13)19-15(17)18/h13-14H,3-12H2,1-2H3,(H,17,18)/t13-,14-/m1/s1. The van der Waals surface area contributed by atoms with Crippen LogP contribution >= 0.6 is 0 Å². The lowest BCUT2D eigenvalue weighted by Gasteiger charge is -2.39. The van der Waals surface area contributed by atoms with Crippen LogP contribution in [0, 0.1) is 0 Å². The number of nitrogens with zero attached hydrogens (tertiary/aromatic N) is 1. The lowest BCUT2D eigenvalue weighted by molar-refractivity contribution is -0.0186. The summed E-state index contributed by atoms with van der Waals surface area (Å²) in [4.78, 5) is 13.3. The fourth-order valence-electron chi connectivity index (χ4n) is 2.93. The van der Waals surface area contributed by atoms with E-state index in [1.807, 2.05) is 0 Å². The average molecular weight is 271 g/mol. The molecule has 112 valence electrons. The highest BCUT2D eigenvalue weighted by atomic mass is 16.7. The molecule has 0 aliphatic heterocycles. The Hall–Kier alpha value is -0.770. The number of unbranched alkanes of at least 4 members (excludes halogenated alkanes) is 2. The minimum Gasteiger partial charge on any atom is -0.450 e. The maximum Gasteiger partial charge on any atom is 0.506 e. The van der Waals surface area contributed by atoms with Crippen LogP contribution in [0.3, 0.4) is 0 Å². The normalized spacial score (nSPS) is 23.5. The van der Waals surface area contributed by atoms with Crippen LogP contribution in [-0.2, 0) is 4.74 Å². The largest absolute Gasteiger partial charge is 0.506 e. The summed E-state index contributed by atoms with van der Waals surface area (Å²) in [6, 6.07) is 0.294. The third kappa shape index (κ3) is 5.81. The van der Waals surface area contributed by atoms with E-state index in [0.29, 0.717) is 6.04 Å². The molecule has 1 saturated carbocycles. The van der Waals surface area contributed by atoms with Gasteiger partial charge in [0.1, 0.15) is 6.10 Å². The molecule has 1 aliphatic carbocycles. The highest BCUT2D eigenvalue weighted by Crippen LogP contribution is 2.26. The highest BCUT2D eigenvalue weighted by molar-refractivity contribution is 5.57. The van der Waals surface area contributed by atoms with Crippen LogP contribution in [0.2, 0.25) is 0 Å². The number of ether oxygens (including phenoxy) is 1. The van der Waals surface area contributed by atoms with Gasteiger partial charge in [0.05, 0.1) is 0 Å². The fourth-order valence-corrected chi connectivity index (χ4v) is 2.93. The molecule has 2 atom stereocenters. The van der Waals surface area contributed by atoms with Crippen molar-refractivity contribution in [3.05, 3.63) is 0 Å². The summed E-state index contributed by atoms with van der Waals surface area (Å²) >= 11 is 0. The van der Waals surface area contributed by atoms with Crippen molar-refractivity contribution in [1.29, 1.82) is 0 Å². The molecule has 0 spiro atoms. The van der Waals surface area contributed by atoms with Crippen molar-refractivity contribution in [3.8, 4) is 0 Å². The summed E-state index contributed by atoms with van der Waals surface area (Å²) in [5.74, 6) is 0. The van der Waals surface area contributed by atoms with Gasteiger partial charge in [-0.15, -0.1) is 0 Å². The molecule has 1 aliphatic rings. The Morgan fingerprint density at radius 3 is 2.26 bits per heavy atom. The van der Waals surface area contributed by atoms with Gasteiger partial charge in [0.2, 0.25) is 0 Å². The Morgan fingerprint density at radius 1 is 1.16 bits per heavy atom. The van der Waals surface area contributed by atoms with Gasteiger partial charge in [0, 0.05) is 6.04 Å². The number of hydrogen-bond acceptors (Lipinski definition) is 3. The zero-order valence-corrected chi connectivity index (χ0v) is 12.4. The second kappa shape index (κ2) is 9.18. The van der Waals surface area contributed by atoms with Gasteiger partial charge in [-0.1, -0.05) is 33.1 Å². The molecule has 19 heavy (non-hydrogen) atoms. The SMILES string of the molecule is CCCCN(CCCC)[C@@H]1CCCC[C@H]1OC(=O)O. The topological polar surface area (TPSA) is 49.8 Å². The van der Waals surface area contributed by atoms with Crippen molar-refractivity contribution in [2.75, 3.05) is 13.1 Å². The monoisotopic (exact) mass is 271 g/mol. The Bertz CT molecular complexity index is 250. The molecule has 0 aromatic carbocycles. The molecule has 0 saturated heterocycles. The van der Waals surface area contributed by atoms with Crippen LogP contribution in [0.25, 0.3) is 0 Å². The first kappa shape index (κ1) is 16.3. The summed E-state index contributed by atoms with van der Waals surface area (Å²) < 4.78 is 5.12. The molecule has 4 heteroatoms. The van der Waals surface area contributed by atoms with Gasteiger partial charge in [-0.3, -0.25) is 4.90 Å².